The lowest BCUT2D eigenvalue weighted by molar-refractivity contribution is -0.120. The Morgan fingerprint density at radius 3 is 2.79 bits per heavy atom. The number of piperidine rings is 1. The Morgan fingerprint density at radius 2 is 1.97 bits per heavy atom. The number of carbonyl (C=O) groups is 1. The summed E-state index contributed by atoms with van der Waals surface area (Å²) in [6.07, 6.45) is 1.94. The molecule has 2 aromatic carbocycles. The van der Waals surface area contributed by atoms with Crippen LogP contribution in [0.15, 0.2) is 42.5 Å². The molecule has 0 saturated carbocycles. The molecule has 1 aromatic heterocycles. The first-order chi connectivity index (χ1) is 16.5. The predicted molar refractivity (Wildman–Crippen MR) is 127 cm³/mol. The molecule has 1 amide bonds. The molecule has 2 aliphatic heterocycles. The van der Waals surface area contributed by atoms with Crippen molar-refractivity contribution in [1.82, 2.24) is 9.88 Å². The summed E-state index contributed by atoms with van der Waals surface area (Å²) >= 11 is 0. The van der Waals surface area contributed by atoms with Crippen LogP contribution < -0.4 is 19.1 Å². The number of amides is 1. The molecule has 178 valence electrons. The van der Waals surface area contributed by atoms with Crippen molar-refractivity contribution in [2.45, 2.75) is 25.9 Å². The van der Waals surface area contributed by atoms with Gasteiger partial charge in [0.05, 0.1) is 5.69 Å². The molecular formula is C26H28FN3O4. The number of pyridine rings is 1. The monoisotopic (exact) mass is 465 g/mol. The van der Waals surface area contributed by atoms with E-state index in [2.05, 4.69) is 9.88 Å². The summed E-state index contributed by atoms with van der Waals surface area (Å²) in [6.45, 7) is 5.04. The molecule has 0 spiro atoms. The van der Waals surface area contributed by atoms with Gasteiger partial charge in [-0.3, -0.25) is 9.69 Å². The molecule has 1 fully saturated rings. The summed E-state index contributed by atoms with van der Waals surface area (Å²) < 4.78 is 31.8. The molecule has 7 nitrogen and oxygen atoms in total. The topological polar surface area (TPSA) is 64.1 Å². The summed E-state index contributed by atoms with van der Waals surface area (Å²) in [4.78, 5) is 20.1. The van der Waals surface area contributed by atoms with Gasteiger partial charge in [0.15, 0.2) is 6.61 Å². The van der Waals surface area contributed by atoms with Gasteiger partial charge >= 0.3 is 0 Å². The number of hydrogen-bond donors (Lipinski definition) is 0. The number of likely N-dealkylation sites (tertiary alicyclic amines) is 1. The van der Waals surface area contributed by atoms with Gasteiger partial charge in [-0.2, -0.15) is 0 Å². The zero-order chi connectivity index (χ0) is 23.7. The highest BCUT2D eigenvalue weighted by Crippen LogP contribution is 2.35. The van der Waals surface area contributed by atoms with Crippen LogP contribution in [-0.4, -0.2) is 61.8 Å². The van der Waals surface area contributed by atoms with Gasteiger partial charge in [0, 0.05) is 43.8 Å². The van der Waals surface area contributed by atoms with E-state index in [1.165, 1.54) is 6.07 Å². The summed E-state index contributed by atoms with van der Waals surface area (Å²) in [7, 11) is 1.75. The molecule has 0 bridgehead atoms. The average Bonchev–Trinajstić information content (AvgIpc) is 2.84. The molecule has 3 heterocycles. The largest absolute Gasteiger partial charge is 0.492 e. The molecule has 3 aromatic rings. The predicted octanol–water partition coefficient (Wildman–Crippen LogP) is 3.96. The van der Waals surface area contributed by atoms with Gasteiger partial charge in [0.1, 0.15) is 41.3 Å². The maximum atomic E-state index is 14.1. The zero-order valence-corrected chi connectivity index (χ0v) is 19.4. The third-order valence-electron chi connectivity index (χ3n) is 6.43. The SMILES string of the molecule is Cc1ccc2c(OCCN3CCC(Oc4ccc5c(c4)N(C)C(=O)CO5)CC3)ccc(F)c2n1. The quantitative estimate of drug-likeness (QED) is 0.549. The van der Waals surface area contributed by atoms with Gasteiger partial charge in [-0.1, -0.05) is 0 Å². The summed E-state index contributed by atoms with van der Waals surface area (Å²) in [5, 5.41) is 0.695. The Morgan fingerprint density at radius 1 is 1.15 bits per heavy atom. The molecule has 34 heavy (non-hydrogen) atoms. The second-order valence-corrected chi connectivity index (χ2v) is 8.77. The van der Waals surface area contributed by atoms with E-state index in [9.17, 15) is 9.18 Å². The highest BCUT2D eigenvalue weighted by molar-refractivity contribution is 5.97. The van der Waals surface area contributed by atoms with E-state index < -0.39 is 0 Å². The van der Waals surface area contributed by atoms with E-state index in [0.29, 0.717) is 29.0 Å². The second-order valence-electron chi connectivity index (χ2n) is 8.77. The highest BCUT2D eigenvalue weighted by Gasteiger charge is 2.24. The van der Waals surface area contributed by atoms with Crippen LogP contribution >= 0.6 is 0 Å². The van der Waals surface area contributed by atoms with Crippen molar-refractivity contribution in [3.05, 3.63) is 54.0 Å². The standard InChI is InChI=1S/C26H28FN3O4/c1-17-3-5-20-23(8-6-21(27)26(20)28-17)32-14-13-30-11-9-18(10-12-30)34-19-4-7-24-22(15-19)29(2)25(31)16-33-24/h3-8,15,18H,9-14,16H2,1-2H3. The summed E-state index contributed by atoms with van der Waals surface area (Å²) in [6, 6.07) is 12.4. The minimum Gasteiger partial charge on any atom is -0.492 e. The summed E-state index contributed by atoms with van der Waals surface area (Å²) in [5.74, 6) is 1.70. The molecular weight excluding hydrogens is 437 g/mol. The lowest BCUT2D eigenvalue weighted by atomic mass is 10.1. The molecule has 8 heteroatoms. The van der Waals surface area contributed by atoms with Crippen LogP contribution in [0.3, 0.4) is 0 Å². The van der Waals surface area contributed by atoms with Crippen molar-refractivity contribution in [3.8, 4) is 17.2 Å². The maximum Gasteiger partial charge on any atom is 0.264 e. The van der Waals surface area contributed by atoms with Crippen LogP contribution in [-0.2, 0) is 4.79 Å². The van der Waals surface area contributed by atoms with Crippen LogP contribution in [0.5, 0.6) is 17.2 Å². The Labute approximate surface area is 198 Å². The van der Waals surface area contributed by atoms with Crippen molar-refractivity contribution in [3.63, 3.8) is 0 Å². The molecule has 0 radical (unpaired) electrons. The van der Waals surface area contributed by atoms with E-state index in [4.69, 9.17) is 14.2 Å². The van der Waals surface area contributed by atoms with Crippen molar-refractivity contribution >= 4 is 22.5 Å². The van der Waals surface area contributed by atoms with Crippen LogP contribution in [0.4, 0.5) is 10.1 Å². The van der Waals surface area contributed by atoms with Crippen LogP contribution in [0, 0.1) is 12.7 Å². The normalized spacial score (nSPS) is 16.9. The number of ether oxygens (including phenoxy) is 3. The first kappa shape index (κ1) is 22.4. The fraction of sp³-hybridized carbons (Fsp3) is 0.385. The molecule has 5 rings (SSSR count). The number of halogens is 1. The third-order valence-corrected chi connectivity index (χ3v) is 6.43. The zero-order valence-electron chi connectivity index (χ0n) is 19.4. The van der Waals surface area contributed by atoms with Gasteiger partial charge in [-0.05, 0) is 56.2 Å². The van der Waals surface area contributed by atoms with Crippen molar-refractivity contribution in [2.75, 3.05) is 44.8 Å². The van der Waals surface area contributed by atoms with Crippen LogP contribution in [0.25, 0.3) is 10.9 Å². The maximum absolute atomic E-state index is 14.1. The van der Waals surface area contributed by atoms with E-state index >= 15 is 0 Å². The first-order valence-electron chi connectivity index (χ1n) is 11.6. The number of nitrogens with zero attached hydrogens (tertiary/aromatic N) is 3. The molecule has 0 N–H and O–H groups in total. The highest BCUT2D eigenvalue weighted by atomic mass is 19.1. The molecule has 0 aliphatic carbocycles. The van der Waals surface area contributed by atoms with E-state index in [1.54, 1.807) is 18.0 Å². The minimum atomic E-state index is -0.335. The summed E-state index contributed by atoms with van der Waals surface area (Å²) in [5.41, 5.74) is 1.86. The van der Waals surface area contributed by atoms with E-state index in [0.717, 1.165) is 49.6 Å². The first-order valence-corrected chi connectivity index (χ1v) is 11.6. The van der Waals surface area contributed by atoms with Gasteiger partial charge in [-0.25, -0.2) is 9.37 Å². The number of hydrogen-bond acceptors (Lipinski definition) is 6. The smallest absolute Gasteiger partial charge is 0.264 e. The number of aromatic nitrogens is 1. The Balaban J connectivity index is 1.12. The Bertz CT molecular complexity index is 1210. The van der Waals surface area contributed by atoms with Crippen molar-refractivity contribution in [2.24, 2.45) is 0 Å². The number of aryl methyl sites for hydroxylation is 1. The average molecular weight is 466 g/mol. The number of rotatable bonds is 6. The third kappa shape index (κ3) is 4.63. The second kappa shape index (κ2) is 9.46. The lowest BCUT2D eigenvalue weighted by Crippen LogP contribution is -2.40. The fourth-order valence-corrected chi connectivity index (χ4v) is 4.43. The number of fused-ring (bicyclic) bond motifs is 2. The number of carbonyl (C=O) groups excluding carboxylic acids is 1. The molecule has 2 aliphatic rings. The molecule has 0 atom stereocenters. The minimum absolute atomic E-state index is 0.0693. The van der Waals surface area contributed by atoms with Crippen LogP contribution in [0.2, 0.25) is 0 Å². The molecule has 1 saturated heterocycles. The van der Waals surface area contributed by atoms with Gasteiger partial charge < -0.3 is 19.1 Å². The fourth-order valence-electron chi connectivity index (χ4n) is 4.43. The molecule has 0 unspecified atom stereocenters. The number of likely N-dealkylation sites (N-methyl/N-ethyl adjacent to an activating group) is 1. The van der Waals surface area contributed by atoms with Gasteiger partial charge in [-0.15, -0.1) is 0 Å². The van der Waals surface area contributed by atoms with E-state index in [1.807, 2.05) is 37.3 Å². The van der Waals surface area contributed by atoms with E-state index in [-0.39, 0.29) is 24.4 Å². The van der Waals surface area contributed by atoms with Crippen molar-refractivity contribution < 1.29 is 23.4 Å². The number of anilines is 1. The number of benzene rings is 2. The Hall–Kier alpha value is -3.39. The van der Waals surface area contributed by atoms with Crippen LogP contribution in [0.1, 0.15) is 18.5 Å². The van der Waals surface area contributed by atoms with Gasteiger partial charge in [0.2, 0.25) is 0 Å². The lowest BCUT2D eigenvalue weighted by Gasteiger charge is -2.32. The Kier molecular flexibility index (Phi) is 6.24. The van der Waals surface area contributed by atoms with Gasteiger partial charge in [0.25, 0.3) is 5.91 Å². The van der Waals surface area contributed by atoms with Crippen molar-refractivity contribution in [1.29, 1.82) is 0 Å².